The highest BCUT2D eigenvalue weighted by atomic mass is 32.2. The smallest absolute Gasteiger partial charge is 0.145 e. The average Bonchev–Trinajstić information content (AvgIpc) is 2.72. The number of nitrogens with zero attached hydrogens (tertiary/aromatic N) is 1. The van der Waals surface area contributed by atoms with Gasteiger partial charge in [-0.25, -0.2) is 4.21 Å². The lowest BCUT2D eigenvalue weighted by Gasteiger charge is -2.39. The first-order valence-corrected chi connectivity index (χ1v) is 11.2. The Labute approximate surface area is 171 Å². The molecule has 0 unspecified atom stereocenters. The molecular formula is C24H31NO2S. The Morgan fingerprint density at radius 3 is 2.11 bits per heavy atom. The fourth-order valence-corrected chi connectivity index (χ4v) is 4.68. The molecule has 0 radical (unpaired) electrons. The number of rotatable bonds is 5. The van der Waals surface area contributed by atoms with Gasteiger partial charge < -0.3 is 4.74 Å². The minimum Gasteiger partial charge on any atom is -0.497 e. The highest BCUT2D eigenvalue weighted by Gasteiger charge is 2.40. The van der Waals surface area contributed by atoms with Crippen molar-refractivity contribution in [2.75, 3.05) is 7.11 Å². The molecule has 28 heavy (non-hydrogen) atoms. The summed E-state index contributed by atoms with van der Waals surface area (Å²) in [5.41, 5.74) is 3.05. The normalized spacial score (nSPS) is 18.5. The number of hydrogen-bond donors (Lipinski definition) is 0. The second kappa shape index (κ2) is 8.60. The van der Waals surface area contributed by atoms with Crippen LogP contribution in [-0.4, -0.2) is 21.8 Å². The molecule has 150 valence electrons. The largest absolute Gasteiger partial charge is 0.497 e. The monoisotopic (exact) mass is 397 g/mol. The minimum atomic E-state index is -1.31. The summed E-state index contributed by atoms with van der Waals surface area (Å²) in [5.74, 6) is 0.853. The topological polar surface area (TPSA) is 38.7 Å². The highest BCUT2D eigenvalue weighted by molar-refractivity contribution is 7.85. The van der Waals surface area contributed by atoms with E-state index in [0.29, 0.717) is 0 Å². The Morgan fingerprint density at radius 1 is 0.964 bits per heavy atom. The molecule has 0 N–H and O–H groups in total. The maximum atomic E-state index is 13.1. The van der Waals surface area contributed by atoms with Crippen LogP contribution in [0, 0.1) is 0 Å². The summed E-state index contributed by atoms with van der Waals surface area (Å²) in [6.45, 7) is 5.95. The maximum Gasteiger partial charge on any atom is 0.145 e. The van der Waals surface area contributed by atoms with Crippen LogP contribution in [0.3, 0.4) is 0 Å². The second-order valence-electron chi connectivity index (χ2n) is 8.54. The van der Waals surface area contributed by atoms with Crippen LogP contribution in [0.2, 0.25) is 0 Å². The van der Waals surface area contributed by atoms with Gasteiger partial charge in [0.05, 0.1) is 17.6 Å². The molecule has 4 heteroatoms. The lowest BCUT2D eigenvalue weighted by Crippen LogP contribution is -2.39. The Kier molecular flexibility index (Phi) is 6.39. The molecule has 3 nitrogen and oxygen atoms in total. The number of hydrogen-bond acceptors (Lipinski definition) is 2. The van der Waals surface area contributed by atoms with Gasteiger partial charge in [0.1, 0.15) is 16.7 Å². The molecule has 2 aromatic rings. The predicted molar refractivity (Wildman–Crippen MR) is 119 cm³/mol. The molecule has 1 aliphatic rings. The van der Waals surface area contributed by atoms with Gasteiger partial charge in [-0.15, -0.1) is 0 Å². The lowest BCUT2D eigenvalue weighted by molar-refractivity contribution is 0.379. The first-order valence-electron chi connectivity index (χ1n) is 10.1. The zero-order valence-corrected chi connectivity index (χ0v) is 18.2. The zero-order valence-electron chi connectivity index (χ0n) is 17.4. The van der Waals surface area contributed by atoms with Crippen molar-refractivity contribution in [3.63, 3.8) is 0 Å². The number of methoxy groups -OCH3 is 1. The van der Waals surface area contributed by atoms with Crippen molar-refractivity contribution >= 4 is 16.7 Å². The van der Waals surface area contributed by atoms with Crippen molar-refractivity contribution in [2.24, 2.45) is 4.40 Å². The fraction of sp³-hybridized carbons (Fsp3) is 0.458. The van der Waals surface area contributed by atoms with Gasteiger partial charge in [-0.2, -0.15) is 4.40 Å². The summed E-state index contributed by atoms with van der Waals surface area (Å²) in [4.78, 5) is 0. The van der Waals surface area contributed by atoms with E-state index in [-0.39, 0.29) is 5.41 Å². The van der Waals surface area contributed by atoms with Crippen LogP contribution in [-0.2, 0) is 16.4 Å². The van der Waals surface area contributed by atoms with Gasteiger partial charge in [0, 0.05) is 5.41 Å². The van der Waals surface area contributed by atoms with Crippen LogP contribution in [0.15, 0.2) is 59.0 Å². The summed E-state index contributed by atoms with van der Waals surface area (Å²) >= 11 is 0. The third kappa shape index (κ3) is 4.38. The third-order valence-electron chi connectivity index (χ3n) is 5.55. The van der Waals surface area contributed by atoms with E-state index in [1.54, 1.807) is 7.11 Å². The van der Waals surface area contributed by atoms with Crippen molar-refractivity contribution in [3.8, 4) is 5.75 Å². The molecule has 0 saturated heterocycles. The van der Waals surface area contributed by atoms with E-state index in [0.717, 1.165) is 42.7 Å². The first-order chi connectivity index (χ1) is 13.4. The van der Waals surface area contributed by atoms with E-state index in [1.165, 1.54) is 12.0 Å². The Bertz CT molecular complexity index is 829. The van der Waals surface area contributed by atoms with E-state index in [2.05, 4.69) is 24.3 Å². The quantitative estimate of drug-likeness (QED) is 0.594. The van der Waals surface area contributed by atoms with Crippen LogP contribution < -0.4 is 4.74 Å². The molecule has 2 aromatic carbocycles. The Balaban J connectivity index is 2.19. The maximum absolute atomic E-state index is 13.1. The van der Waals surface area contributed by atoms with Crippen LogP contribution in [0.5, 0.6) is 5.75 Å². The van der Waals surface area contributed by atoms with Crippen LogP contribution in [0.1, 0.15) is 64.0 Å². The van der Waals surface area contributed by atoms with Gasteiger partial charge in [-0.1, -0.05) is 61.7 Å². The molecule has 3 rings (SSSR count). The van der Waals surface area contributed by atoms with Crippen LogP contribution in [0.4, 0.5) is 0 Å². The highest BCUT2D eigenvalue weighted by Crippen LogP contribution is 2.43. The predicted octanol–water partition coefficient (Wildman–Crippen LogP) is 5.85. The zero-order chi connectivity index (χ0) is 20.2. The van der Waals surface area contributed by atoms with Gasteiger partial charge in [0.2, 0.25) is 0 Å². The molecule has 0 amide bonds. The summed E-state index contributed by atoms with van der Waals surface area (Å²) in [7, 11) is 0.377. The van der Waals surface area contributed by atoms with Crippen molar-refractivity contribution < 1.29 is 8.95 Å². The summed E-state index contributed by atoms with van der Waals surface area (Å²) in [6, 6.07) is 18.6. The molecule has 1 aliphatic carbocycles. The first kappa shape index (κ1) is 20.8. The number of benzene rings is 2. The van der Waals surface area contributed by atoms with E-state index >= 15 is 0 Å². The summed E-state index contributed by atoms with van der Waals surface area (Å²) in [5, 5.41) is 0. The number of ether oxygens (including phenoxy) is 1. The van der Waals surface area contributed by atoms with Gasteiger partial charge in [-0.05, 0) is 56.9 Å². The lowest BCUT2D eigenvalue weighted by atomic mass is 9.65. The van der Waals surface area contributed by atoms with E-state index in [4.69, 9.17) is 9.13 Å². The Morgan fingerprint density at radius 2 is 1.57 bits per heavy atom. The van der Waals surface area contributed by atoms with Crippen LogP contribution in [0.25, 0.3) is 0 Å². The van der Waals surface area contributed by atoms with Gasteiger partial charge in [0.15, 0.2) is 0 Å². The third-order valence-corrected chi connectivity index (χ3v) is 6.94. The fourth-order valence-electron chi connectivity index (χ4n) is 3.96. The second-order valence-corrected chi connectivity index (χ2v) is 10.4. The molecule has 0 aromatic heterocycles. The van der Waals surface area contributed by atoms with Crippen molar-refractivity contribution in [2.45, 2.75) is 63.0 Å². The molecule has 0 spiro atoms. The van der Waals surface area contributed by atoms with E-state index < -0.39 is 15.7 Å². The standard InChI is InChI=1S/C24H31NO2S/c1-23(2,3)28(26)25-22(19-11-7-5-8-12-19)24(17-9-6-10-18-24)20-13-15-21(27-4)16-14-20/h5,7-8,11-16H,6,9-10,17-18H2,1-4H3/b25-22+/t28-/m0/s1. The summed E-state index contributed by atoms with van der Waals surface area (Å²) in [6.07, 6.45) is 5.59. The van der Waals surface area contributed by atoms with E-state index in [1.807, 2.05) is 51.1 Å². The van der Waals surface area contributed by atoms with Gasteiger partial charge in [-0.3, -0.25) is 0 Å². The van der Waals surface area contributed by atoms with Gasteiger partial charge >= 0.3 is 0 Å². The molecule has 0 bridgehead atoms. The average molecular weight is 398 g/mol. The molecule has 0 aliphatic heterocycles. The van der Waals surface area contributed by atoms with Gasteiger partial charge in [0.25, 0.3) is 0 Å². The molecule has 1 atom stereocenters. The van der Waals surface area contributed by atoms with Crippen molar-refractivity contribution in [3.05, 3.63) is 65.7 Å². The van der Waals surface area contributed by atoms with E-state index in [9.17, 15) is 4.21 Å². The molecular weight excluding hydrogens is 366 g/mol. The SMILES string of the molecule is COc1ccc(C2(/C(=N/[S@@](=O)C(C)(C)C)c3ccccc3)CCCCC2)cc1. The summed E-state index contributed by atoms with van der Waals surface area (Å²) < 4.78 is 22.9. The Hall–Kier alpha value is -1.94. The molecule has 1 fully saturated rings. The minimum absolute atomic E-state index is 0.215. The van der Waals surface area contributed by atoms with Crippen molar-refractivity contribution in [1.29, 1.82) is 0 Å². The van der Waals surface area contributed by atoms with Crippen LogP contribution >= 0.6 is 0 Å². The molecule has 1 saturated carbocycles. The molecule has 0 heterocycles. The van der Waals surface area contributed by atoms with Crippen molar-refractivity contribution in [1.82, 2.24) is 0 Å².